The molecule has 0 radical (unpaired) electrons. The molecule has 2 atom stereocenters. The van der Waals surface area contributed by atoms with Crippen LogP contribution in [0.1, 0.15) is 24.2 Å². The van der Waals surface area contributed by atoms with Gasteiger partial charge >= 0.3 is 0 Å². The van der Waals surface area contributed by atoms with Gasteiger partial charge in [0.05, 0.1) is 0 Å². The van der Waals surface area contributed by atoms with E-state index in [0.717, 1.165) is 29.4 Å². The third kappa shape index (κ3) is 2.41. The van der Waals surface area contributed by atoms with Crippen LogP contribution in [0.3, 0.4) is 0 Å². The Kier molecular flexibility index (Phi) is 3.45. The lowest BCUT2D eigenvalue weighted by Crippen LogP contribution is -2.55. The van der Waals surface area contributed by atoms with Crippen molar-refractivity contribution in [3.63, 3.8) is 0 Å². The van der Waals surface area contributed by atoms with E-state index in [1.165, 1.54) is 0 Å². The third-order valence-electron chi connectivity index (χ3n) is 3.86. The maximum Gasteiger partial charge on any atom is 0.254 e. The highest BCUT2D eigenvalue weighted by Gasteiger charge is 2.26. The van der Waals surface area contributed by atoms with Crippen molar-refractivity contribution in [2.24, 2.45) is 0 Å². The normalized spacial score (nSPS) is 23.0. The van der Waals surface area contributed by atoms with E-state index < -0.39 is 0 Å². The minimum absolute atomic E-state index is 0.141. The van der Waals surface area contributed by atoms with E-state index in [-0.39, 0.29) is 5.91 Å². The number of amides is 1. The Bertz CT molecular complexity index is 622. The Balaban J connectivity index is 1.96. The summed E-state index contributed by atoms with van der Waals surface area (Å²) in [6, 6.07) is 14.7. The molecule has 104 valence electrons. The molecule has 1 aliphatic rings. The van der Waals surface area contributed by atoms with Gasteiger partial charge in [0.25, 0.3) is 5.91 Å². The molecule has 3 rings (SSSR count). The van der Waals surface area contributed by atoms with E-state index in [0.29, 0.717) is 12.1 Å². The zero-order valence-electron chi connectivity index (χ0n) is 12.0. The average Bonchev–Trinajstić information content (AvgIpc) is 2.45. The average molecular weight is 268 g/mol. The molecule has 3 nitrogen and oxygen atoms in total. The lowest BCUT2D eigenvalue weighted by atomic mass is 10.0. The zero-order chi connectivity index (χ0) is 14.1. The van der Waals surface area contributed by atoms with E-state index >= 15 is 0 Å². The van der Waals surface area contributed by atoms with Gasteiger partial charge in [0, 0.05) is 30.7 Å². The molecule has 1 N–H and O–H groups in total. The number of nitrogens with one attached hydrogen (secondary N) is 1. The van der Waals surface area contributed by atoms with Gasteiger partial charge in [0.2, 0.25) is 0 Å². The first-order valence-electron chi connectivity index (χ1n) is 7.18. The number of carbonyl (C=O) groups is 1. The van der Waals surface area contributed by atoms with Crippen LogP contribution in [-0.2, 0) is 0 Å². The van der Waals surface area contributed by atoms with Gasteiger partial charge in [0.15, 0.2) is 0 Å². The number of fused-ring (bicyclic) bond motifs is 1. The fourth-order valence-electron chi connectivity index (χ4n) is 3.07. The molecule has 1 aliphatic heterocycles. The van der Waals surface area contributed by atoms with Crippen LogP contribution in [0.15, 0.2) is 42.5 Å². The number of hydrogen-bond acceptors (Lipinski definition) is 2. The molecule has 0 aliphatic carbocycles. The Labute approximate surface area is 119 Å². The summed E-state index contributed by atoms with van der Waals surface area (Å²) in [7, 11) is 0. The fourth-order valence-corrected chi connectivity index (χ4v) is 3.07. The molecule has 2 aromatic rings. The van der Waals surface area contributed by atoms with Crippen LogP contribution in [0, 0.1) is 0 Å². The summed E-state index contributed by atoms with van der Waals surface area (Å²) in [5.41, 5.74) is 0.810. The highest BCUT2D eigenvalue weighted by atomic mass is 16.2. The molecule has 0 aromatic heterocycles. The number of rotatable bonds is 1. The lowest BCUT2D eigenvalue weighted by Gasteiger charge is -2.36. The van der Waals surface area contributed by atoms with Gasteiger partial charge in [-0.05, 0) is 30.7 Å². The van der Waals surface area contributed by atoms with Crippen LogP contribution >= 0.6 is 0 Å². The van der Waals surface area contributed by atoms with Crippen LogP contribution < -0.4 is 5.32 Å². The largest absolute Gasteiger partial charge is 0.336 e. The van der Waals surface area contributed by atoms with E-state index in [1.807, 2.05) is 35.2 Å². The first kappa shape index (κ1) is 13.1. The molecule has 1 fully saturated rings. The highest BCUT2D eigenvalue weighted by Crippen LogP contribution is 2.21. The zero-order valence-corrected chi connectivity index (χ0v) is 12.0. The summed E-state index contributed by atoms with van der Waals surface area (Å²) in [5.74, 6) is 0.141. The van der Waals surface area contributed by atoms with Crippen molar-refractivity contribution < 1.29 is 4.79 Å². The number of piperazine rings is 1. The van der Waals surface area contributed by atoms with Gasteiger partial charge in [-0.25, -0.2) is 0 Å². The predicted molar refractivity (Wildman–Crippen MR) is 81.9 cm³/mol. The molecule has 1 amide bonds. The summed E-state index contributed by atoms with van der Waals surface area (Å²) in [6.07, 6.45) is 0. The van der Waals surface area contributed by atoms with E-state index in [1.54, 1.807) is 0 Å². The third-order valence-corrected chi connectivity index (χ3v) is 3.86. The second kappa shape index (κ2) is 5.25. The second-order valence-corrected chi connectivity index (χ2v) is 5.71. The minimum Gasteiger partial charge on any atom is -0.336 e. The van der Waals surface area contributed by atoms with Gasteiger partial charge in [-0.15, -0.1) is 0 Å². The summed E-state index contributed by atoms with van der Waals surface area (Å²) in [4.78, 5) is 14.8. The fraction of sp³-hybridized carbons (Fsp3) is 0.353. The van der Waals surface area contributed by atoms with E-state index in [4.69, 9.17) is 0 Å². The number of nitrogens with zero attached hydrogens (tertiary/aromatic N) is 1. The molecule has 3 heteroatoms. The van der Waals surface area contributed by atoms with E-state index in [2.05, 4.69) is 31.3 Å². The molecule has 0 spiro atoms. The quantitative estimate of drug-likeness (QED) is 0.862. The van der Waals surface area contributed by atoms with Crippen molar-refractivity contribution in [3.05, 3.63) is 48.0 Å². The topological polar surface area (TPSA) is 32.3 Å². The van der Waals surface area contributed by atoms with Crippen molar-refractivity contribution in [2.75, 3.05) is 13.1 Å². The number of carbonyl (C=O) groups excluding carboxylic acids is 1. The molecule has 1 saturated heterocycles. The molecular weight excluding hydrogens is 248 g/mol. The van der Waals surface area contributed by atoms with Crippen molar-refractivity contribution in [1.82, 2.24) is 10.2 Å². The summed E-state index contributed by atoms with van der Waals surface area (Å²) in [5, 5.41) is 5.62. The monoisotopic (exact) mass is 268 g/mol. The Morgan fingerprint density at radius 3 is 2.45 bits per heavy atom. The standard InChI is InChI=1S/C17H20N2O/c1-12-10-19(11-13(2)18-12)17(20)16-9-5-7-14-6-3-4-8-15(14)16/h3-9,12-13,18H,10-11H2,1-2H3. The van der Waals surface area contributed by atoms with Gasteiger partial charge < -0.3 is 10.2 Å². The Hall–Kier alpha value is -1.87. The van der Waals surface area contributed by atoms with Crippen LogP contribution in [0.4, 0.5) is 0 Å². The molecule has 1 heterocycles. The molecule has 20 heavy (non-hydrogen) atoms. The summed E-state index contributed by atoms with van der Waals surface area (Å²) >= 11 is 0. The molecule has 0 bridgehead atoms. The van der Waals surface area contributed by atoms with Crippen molar-refractivity contribution in [3.8, 4) is 0 Å². The van der Waals surface area contributed by atoms with Crippen LogP contribution in [0.25, 0.3) is 10.8 Å². The lowest BCUT2D eigenvalue weighted by molar-refractivity contribution is 0.0676. The number of benzene rings is 2. The van der Waals surface area contributed by atoms with Crippen LogP contribution in [0.2, 0.25) is 0 Å². The highest BCUT2D eigenvalue weighted by molar-refractivity contribution is 6.07. The van der Waals surface area contributed by atoms with Crippen LogP contribution in [-0.4, -0.2) is 36.0 Å². The van der Waals surface area contributed by atoms with Gasteiger partial charge in [0.1, 0.15) is 0 Å². The second-order valence-electron chi connectivity index (χ2n) is 5.71. The van der Waals surface area contributed by atoms with Crippen molar-refractivity contribution in [1.29, 1.82) is 0 Å². The minimum atomic E-state index is 0.141. The first-order valence-corrected chi connectivity index (χ1v) is 7.18. The molecule has 0 saturated carbocycles. The van der Waals surface area contributed by atoms with Crippen LogP contribution in [0.5, 0.6) is 0 Å². The smallest absolute Gasteiger partial charge is 0.254 e. The van der Waals surface area contributed by atoms with Gasteiger partial charge in [-0.3, -0.25) is 4.79 Å². The van der Waals surface area contributed by atoms with Gasteiger partial charge in [-0.1, -0.05) is 36.4 Å². The molecular formula is C17H20N2O. The van der Waals surface area contributed by atoms with Crippen molar-refractivity contribution in [2.45, 2.75) is 25.9 Å². The summed E-state index contributed by atoms with van der Waals surface area (Å²) in [6.45, 7) is 5.79. The maximum atomic E-state index is 12.8. The van der Waals surface area contributed by atoms with E-state index in [9.17, 15) is 4.79 Å². The first-order chi connectivity index (χ1) is 9.65. The molecule has 2 unspecified atom stereocenters. The van der Waals surface area contributed by atoms with Crippen molar-refractivity contribution >= 4 is 16.7 Å². The SMILES string of the molecule is CC1CN(C(=O)c2cccc3ccccc23)CC(C)N1. The predicted octanol–water partition coefficient (Wildman–Crippen LogP) is 2.66. The Morgan fingerprint density at radius 2 is 1.70 bits per heavy atom. The van der Waals surface area contributed by atoms with Gasteiger partial charge in [-0.2, -0.15) is 0 Å². The summed E-state index contributed by atoms with van der Waals surface area (Å²) < 4.78 is 0. The number of hydrogen-bond donors (Lipinski definition) is 1. The Morgan fingerprint density at radius 1 is 1.05 bits per heavy atom. The molecule has 2 aromatic carbocycles. The maximum absolute atomic E-state index is 12.8.